The zero-order chi connectivity index (χ0) is 17.1. The van der Waals surface area contributed by atoms with E-state index in [2.05, 4.69) is 16.0 Å². The molecule has 122 valence electrons. The Balaban J connectivity index is 1.71. The van der Waals surface area contributed by atoms with Crippen LogP contribution in [0, 0.1) is 0 Å². The third-order valence-electron chi connectivity index (χ3n) is 4.77. The van der Waals surface area contributed by atoms with Gasteiger partial charge in [-0.1, -0.05) is 48.5 Å². The van der Waals surface area contributed by atoms with E-state index >= 15 is 0 Å². The molecule has 0 fully saturated rings. The second-order valence-electron chi connectivity index (χ2n) is 6.29. The van der Waals surface area contributed by atoms with Crippen LogP contribution in [0.1, 0.15) is 0 Å². The maximum absolute atomic E-state index is 6.13. The van der Waals surface area contributed by atoms with Crippen LogP contribution in [0.15, 0.2) is 81.8 Å². The summed E-state index contributed by atoms with van der Waals surface area (Å²) in [6, 6.07) is 21.9. The van der Waals surface area contributed by atoms with Crippen molar-refractivity contribution in [2.24, 2.45) is 0 Å². The van der Waals surface area contributed by atoms with Gasteiger partial charge in [-0.15, -0.1) is 0 Å². The normalized spacial score (nSPS) is 11.8. The molecule has 4 heteroatoms. The number of nitrogens with zero attached hydrogens (tertiary/aromatic N) is 2. The predicted molar refractivity (Wildman–Crippen MR) is 102 cm³/mol. The van der Waals surface area contributed by atoms with Crippen molar-refractivity contribution in [1.29, 1.82) is 0 Å². The summed E-state index contributed by atoms with van der Waals surface area (Å²) in [4.78, 5) is 9.17. The Labute approximate surface area is 147 Å². The van der Waals surface area contributed by atoms with Crippen molar-refractivity contribution >= 4 is 44.0 Å². The molecule has 6 aromatic rings. The van der Waals surface area contributed by atoms with Gasteiger partial charge in [-0.05, 0) is 18.2 Å². The number of rotatable bonds is 1. The highest BCUT2D eigenvalue weighted by molar-refractivity contribution is 6.21. The fourth-order valence-corrected chi connectivity index (χ4v) is 3.56. The van der Waals surface area contributed by atoms with E-state index in [1.165, 1.54) is 0 Å². The van der Waals surface area contributed by atoms with Gasteiger partial charge in [-0.2, -0.15) is 4.98 Å². The fourth-order valence-electron chi connectivity index (χ4n) is 3.56. The second kappa shape index (κ2) is 4.92. The summed E-state index contributed by atoms with van der Waals surface area (Å²) in [7, 11) is 0. The molecule has 0 N–H and O–H groups in total. The highest BCUT2D eigenvalue weighted by atomic mass is 16.3. The van der Waals surface area contributed by atoms with E-state index in [1.54, 1.807) is 0 Å². The van der Waals surface area contributed by atoms with E-state index in [-0.39, 0.29) is 0 Å². The lowest BCUT2D eigenvalue weighted by atomic mass is 10.1. The summed E-state index contributed by atoms with van der Waals surface area (Å²) in [6.45, 7) is 0. The van der Waals surface area contributed by atoms with E-state index in [4.69, 9.17) is 8.83 Å². The monoisotopic (exact) mass is 336 g/mol. The van der Waals surface area contributed by atoms with Crippen molar-refractivity contribution < 1.29 is 8.83 Å². The first-order valence-electron chi connectivity index (χ1n) is 8.43. The van der Waals surface area contributed by atoms with Crippen LogP contribution in [-0.2, 0) is 0 Å². The first-order valence-corrected chi connectivity index (χ1v) is 8.43. The number of hydrogen-bond acceptors (Lipinski definition) is 4. The molecule has 3 aromatic heterocycles. The minimum absolute atomic E-state index is 0.571. The standard InChI is InChI=1S/C22H12N2O2/c1-2-6-13(7-3-1)21-23-12-16-19-18(26-22(16)24-21)11-10-15-14-8-4-5-9-17(14)25-20(15)19/h1-12H. The summed E-state index contributed by atoms with van der Waals surface area (Å²) < 4.78 is 12.1. The van der Waals surface area contributed by atoms with Crippen LogP contribution in [0.25, 0.3) is 55.4 Å². The van der Waals surface area contributed by atoms with Crippen molar-refractivity contribution in [3.8, 4) is 11.4 Å². The van der Waals surface area contributed by atoms with Gasteiger partial charge in [-0.25, -0.2) is 4.98 Å². The molecule has 3 aromatic carbocycles. The van der Waals surface area contributed by atoms with Crippen molar-refractivity contribution in [2.75, 3.05) is 0 Å². The molecule has 4 nitrogen and oxygen atoms in total. The number of furan rings is 2. The molecule has 0 bridgehead atoms. The molecule has 0 atom stereocenters. The number of para-hydroxylation sites is 1. The quantitative estimate of drug-likeness (QED) is 0.373. The molecule has 0 spiro atoms. The maximum Gasteiger partial charge on any atom is 0.231 e. The molecule has 3 heterocycles. The summed E-state index contributed by atoms with van der Waals surface area (Å²) in [5.41, 5.74) is 3.97. The Bertz CT molecular complexity index is 1430. The largest absolute Gasteiger partial charge is 0.455 e. The van der Waals surface area contributed by atoms with Crippen LogP contribution in [-0.4, -0.2) is 9.97 Å². The van der Waals surface area contributed by atoms with Crippen LogP contribution < -0.4 is 0 Å². The zero-order valence-electron chi connectivity index (χ0n) is 13.6. The number of fused-ring (bicyclic) bond motifs is 7. The lowest BCUT2D eigenvalue weighted by Gasteiger charge is -1.98. The zero-order valence-corrected chi connectivity index (χ0v) is 13.6. The summed E-state index contributed by atoms with van der Waals surface area (Å²) in [6.07, 6.45) is 1.82. The van der Waals surface area contributed by atoms with Crippen LogP contribution in [0.4, 0.5) is 0 Å². The minimum Gasteiger partial charge on any atom is -0.455 e. The topological polar surface area (TPSA) is 52.1 Å². The van der Waals surface area contributed by atoms with Crippen molar-refractivity contribution in [3.63, 3.8) is 0 Å². The van der Waals surface area contributed by atoms with E-state index in [0.717, 1.165) is 43.9 Å². The number of hydrogen-bond donors (Lipinski definition) is 0. The Hall–Kier alpha value is -3.66. The molecule has 0 saturated carbocycles. The van der Waals surface area contributed by atoms with Gasteiger partial charge < -0.3 is 8.83 Å². The molecule has 0 aliphatic rings. The maximum atomic E-state index is 6.13. The van der Waals surface area contributed by atoms with Crippen molar-refractivity contribution in [2.45, 2.75) is 0 Å². The van der Waals surface area contributed by atoms with Gasteiger partial charge in [-0.3, -0.25) is 0 Å². The third-order valence-corrected chi connectivity index (χ3v) is 4.77. The fraction of sp³-hybridized carbons (Fsp3) is 0. The Morgan fingerprint density at radius 3 is 2.42 bits per heavy atom. The number of aromatic nitrogens is 2. The first-order chi connectivity index (χ1) is 12.9. The molecule has 0 aliphatic carbocycles. The summed E-state index contributed by atoms with van der Waals surface area (Å²) >= 11 is 0. The highest BCUT2D eigenvalue weighted by Gasteiger charge is 2.17. The van der Waals surface area contributed by atoms with Gasteiger partial charge in [0.2, 0.25) is 5.71 Å². The SMILES string of the molecule is c1ccc(-c2ncc3c(n2)oc2ccc4c5ccccc5oc4c23)cc1. The van der Waals surface area contributed by atoms with Crippen molar-refractivity contribution in [1.82, 2.24) is 9.97 Å². The molecule has 26 heavy (non-hydrogen) atoms. The van der Waals surface area contributed by atoms with Crippen LogP contribution in [0.2, 0.25) is 0 Å². The molecule has 0 unspecified atom stereocenters. The van der Waals surface area contributed by atoms with E-state index in [0.29, 0.717) is 11.5 Å². The summed E-state index contributed by atoms with van der Waals surface area (Å²) in [5.74, 6) is 0.651. The first kappa shape index (κ1) is 13.6. The van der Waals surface area contributed by atoms with Gasteiger partial charge in [0.25, 0.3) is 0 Å². The average molecular weight is 336 g/mol. The Kier molecular flexibility index (Phi) is 2.58. The molecule has 0 radical (unpaired) electrons. The van der Waals surface area contributed by atoms with Gasteiger partial charge in [0, 0.05) is 22.5 Å². The highest BCUT2D eigenvalue weighted by Crippen LogP contribution is 2.38. The van der Waals surface area contributed by atoms with Gasteiger partial charge in [0.1, 0.15) is 16.7 Å². The molecular formula is C22H12N2O2. The van der Waals surface area contributed by atoms with E-state index in [1.807, 2.05) is 66.9 Å². The van der Waals surface area contributed by atoms with Crippen molar-refractivity contribution in [3.05, 3.63) is 72.9 Å². The molecular weight excluding hydrogens is 324 g/mol. The lowest BCUT2D eigenvalue weighted by molar-refractivity contribution is 0.651. The number of benzene rings is 3. The smallest absolute Gasteiger partial charge is 0.231 e. The van der Waals surface area contributed by atoms with Crippen LogP contribution in [0.3, 0.4) is 0 Å². The Morgan fingerprint density at radius 2 is 1.50 bits per heavy atom. The van der Waals surface area contributed by atoms with Gasteiger partial charge in [0.05, 0.1) is 10.8 Å². The third kappa shape index (κ3) is 1.78. The summed E-state index contributed by atoms with van der Waals surface area (Å²) in [5, 5.41) is 3.96. The molecule has 6 rings (SSSR count). The van der Waals surface area contributed by atoms with Crippen LogP contribution >= 0.6 is 0 Å². The molecule has 0 amide bonds. The molecule has 0 aliphatic heterocycles. The van der Waals surface area contributed by atoms with E-state index < -0.39 is 0 Å². The van der Waals surface area contributed by atoms with E-state index in [9.17, 15) is 0 Å². The Morgan fingerprint density at radius 1 is 0.654 bits per heavy atom. The average Bonchev–Trinajstić information content (AvgIpc) is 3.25. The lowest BCUT2D eigenvalue weighted by Crippen LogP contribution is -1.87. The minimum atomic E-state index is 0.571. The van der Waals surface area contributed by atoms with Crippen LogP contribution in [0.5, 0.6) is 0 Å². The predicted octanol–water partition coefficient (Wildman–Crippen LogP) is 5.94. The molecule has 0 saturated heterocycles. The second-order valence-corrected chi connectivity index (χ2v) is 6.29. The van der Waals surface area contributed by atoms with Gasteiger partial charge in [0.15, 0.2) is 5.82 Å². The van der Waals surface area contributed by atoms with Gasteiger partial charge >= 0.3 is 0 Å².